The van der Waals surface area contributed by atoms with Gasteiger partial charge < -0.3 is 9.47 Å². The molecule has 1 atom stereocenters. The summed E-state index contributed by atoms with van der Waals surface area (Å²) in [6.45, 7) is 5.06. The summed E-state index contributed by atoms with van der Waals surface area (Å²) in [4.78, 5) is 0. The van der Waals surface area contributed by atoms with Crippen molar-refractivity contribution in [3.63, 3.8) is 0 Å². The second-order valence-corrected chi connectivity index (χ2v) is 3.46. The van der Waals surface area contributed by atoms with Crippen molar-refractivity contribution in [1.29, 1.82) is 0 Å². The molecule has 0 saturated carbocycles. The van der Waals surface area contributed by atoms with E-state index >= 15 is 0 Å². The van der Waals surface area contributed by atoms with E-state index in [0.29, 0.717) is 6.10 Å². The van der Waals surface area contributed by atoms with Crippen molar-refractivity contribution in [3.05, 3.63) is 0 Å². The van der Waals surface area contributed by atoms with Crippen LogP contribution < -0.4 is 0 Å². The van der Waals surface area contributed by atoms with E-state index in [-0.39, 0.29) is 5.60 Å². The Morgan fingerprint density at radius 2 is 2.20 bits per heavy atom. The Bertz CT molecular complexity index is 110. The lowest BCUT2D eigenvalue weighted by molar-refractivity contribution is -0.106. The Morgan fingerprint density at radius 3 is 2.60 bits per heavy atom. The molecule has 60 valence electrons. The Labute approximate surface area is 62.5 Å². The summed E-state index contributed by atoms with van der Waals surface area (Å²) in [6.07, 6.45) is 2.47. The Hall–Kier alpha value is -0.0800. The third kappa shape index (κ3) is 1.96. The summed E-state index contributed by atoms with van der Waals surface area (Å²) >= 11 is 0. The number of hydrogen-bond donors (Lipinski definition) is 0. The van der Waals surface area contributed by atoms with Gasteiger partial charge in [0.15, 0.2) is 0 Å². The molecule has 0 aromatic carbocycles. The monoisotopic (exact) mass is 144 g/mol. The molecule has 1 heterocycles. The van der Waals surface area contributed by atoms with E-state index in [2.05, 4.69) is 13.8 Å². The van der Waals surface area contributed by atoms with Crippen LogP contribution in [0, 0.1) is 0 Å². The normalized spacial score (nSPS) is 32.1. The molecule has 2 nitrogen and oxygen atoms in total. The summed E-state index contributed by atoms with van der Waals surface area (Å²) in [5.41, 5.74) is 0.0267. The number of ether oxygens (including phenoxy) is 2. The van der Waals surface area contributed by atoms with Crippen LogP contribution in [0.1, 0.15) is 26.7 Å². The molecule has 1 aliphatic heterocycles. The molecule has 0 aliphatic carbocycles. The van der Waals surface area contributed by atoms with Crippen molar-refractivity contribution in [2.24, 2.45) is 0 Å². The van der Waals surface area contributed by atoms with E-state index in [4.69, 9.17) is 9.47 Å². The first-order valence-corrected chi connectivity index (χ1v) is 3.81. The molecule has 0 bridgehead atoms. The van der Waals surface area contributed by atoms with Crippen LogP contribution in [0.3, 0.4) is 0 Å². The second kappa shape index (κ2) is 2.89. The number of hydrogen-bond acceptors (Lipinski definition) is 2. The predicted molar refractivity (Wildman–Crippen MR) is 40.1 cm³/mol. The van der Waals surface area contributed by atoms with Crippen LogP contribution in [0.25, 0.3) is 0 Å². The van der Waals surface area contributed by atoms with E-state index in [9.17, 15) is 0 Å². The Kier molecular flexibility index (Phi) is 2.32. The maximum absolute atomic E-state index is 5.52. The zero-order valence-electron chi connectivity index (χ0n) is 7.02. The summed E-state index contributed by atoms with van der Waals surface area (Å²) in [5.74, 6) is 0. The van der Waals surface area contributed by atoms with Crippen LogP contribution >= 0.6 is 0 Å². The minimum absolute atomic E-state index is 0.0267. The highest BCUT2D eigenvalue weighted by Gasteiger charge is 2.28. The van der Waals surface area contributed by atoms with Crippen molar-refractivity contribution < 1.29 is 9.47 Å². The standard InChI is InChI=1S/C8H16O2/c1-8(2)6-7(9-3)4-5-10-8/h7H,4-6H2,1-3H3/t7-/m1/s1. The first kappa shape index (κ1) is 8.02. The van der Waals surface area contributed by atoms with Gasteiger partial charge in [0.2, 0.25) is 0 Å². The molecular formula is C8H16O2. The molecule has 0 aromatic rings. The zero-order chi connectivity index (χ0) is 7.61. The van der Waals surface area contributed by atoms with Gasteiger partial charge >= 0.3 is 0 Å². The predicted octanol–water partition coefficient (Wildman–Crippen LogP) is 1.59. The minimum atomic E-state index is 0.0267. The summed E-state index contributed by atoms with van der Waals surface area (Å²) < 4.78 is 10.8. The summed E-state index contributed by atoms with van der Waals surface area (Å²) in [5, 5.41) is 0. The van der Waals surface area contributed by atoms with Crippen LogP contribution in [0.2, 0.25) is 0 Å². The fourth-order valence-electron chi connectivity index (χ4n) is 1.38. The van der Waals surface area contributed by atoms with E-state index in [0.717, 1.165) is 19.4 Å². The van der Waals surface area contributed by atoms with Gasteiger partial charge in [0.05, 0.1) is 11.7 Å². The second-order valence-electron chi connectivity index (χ2n) is 3.46. The maximum atomic E-state index is 5.52. The first-order chi connectivity index (χ1) is 4.64. The zero-order valence-corrected chi connectivity index (χ0v) is 7.02. The lowest BCUT2D eigenvalue weighted by atomic mass is 9.96. The fraction of sp³-hybridized carbons (Fsp3) is 1.00. The van der Waals surface area contributed by atoms with Crippen LogP contribution in [0.4, 0.5) is 0 Å². The maximum Gasteiger partial charge on any atom is 0.0651 e. The van der Waals surface area contributed by atoms with Crippen molar-refractivity contribution in [2.45, 2.75) is 38.4 Å². The van der Waals surface area contributed by atoms with Gasteiger partial charge in [0, 0.05) is 20.1 Å². The number of rotatable bonds is 1. The summed E-state index contributed by atoms with van der Waals surface area (Å²) in [6, 6.07) is 0. The molecular weight excluding hydrogens is 128 g/mol. The Balaban J connectivity index is 2.40. The van der Waals surface area contributed by atoms with Gasteiger partial charge in [0.1, 0.15) is 0 Å². The van der Waals surface area contributed by atoms with Crippen molar-refractivity contribution in [2.75, 3.05) is 13.7 Å². The SMILES string of the molecule is CO[C@@H]1CCOC(C)(C)C1. The van der Waals surface area contributed by atoms with E-state index < -0.39 is 0 Å². The fourth-order valence-corrected chi connectivity index (χ4v) is 1.38. The van der Waals surface area contributed by atoms with Crippen LogP contribution in [-0.2, 0) is 9.47 Å². The smallest absolute Gasteiger partial charge is 0.0651 e. The van der Waals surface area contributed by atoms with Crippen LogP contribution in [0.15, 0.2) is 0 Å². The molecule has 1 saturated heterocycles. The lowest BCUT2D eigenvalue weighted by Crippen LogP contribution is -2.37. The molecule has 1 rings (SSSR count). The molecule has 2 heteroatoms. The molecule has 1 fully saturated rings. The Morgan fingerprint density at radius 1 is 1.50 bits per heavy atom. The van der Waals surface area contributed by atoms with E-state index in [1.807, 2.05) is 0 Å². The van der Waals surface area contributed by atoms with Gasteiger partial charge in [-0.05, 0) is 20.3 Å². The molecule has 0 aromatic heterocycles. The highest BCUT2D eigenvalue weighted by molar-refractivity contribution is 4.78. The van der Waals surface area contributed by atoms with Gasteiger partial charge in [-0.25, -0.2) is 0 Å². The highest BCUT2D eigenvalue weighted by atomic mass is 16.5. The van der Waals surface area contributed by atoms with Crippen LogP contribution in [0.5, 0.6) is 0 Å². The first-order valence-electron chi connectivity index (χ1n) is 3.81. The van der Waals surface area contributed by atoms with Crippen molar-refractivity contribution >= 4 is 0 Å². The minimum Gasteiger partial charge on any atom is -0.381 e. The van der Waals surface area contributed by atoms with Gasteiger partial charge in [-0.1, -0.05) is 0 Å². The molecule has 0 N–H and O–H groups in total. The van der Waals surface area contributed by atoms with Gasteiger partial charge in [-0.15, -0.1) is 0 Å². The molecule has 0 unspecified atom stereocenters. The highest BCUT2D eigenvalue weighted by Crippen LogP contribution is 2.25. The average Bonchev–Trinajstić information content (AvgIpc) is 1.86. The molecule has 0 spiro atoms. The molecule has 1 aliphatic rings. The number of methoxy groups -OCH3 is 1. The molecule has 10 heavy (non-hydrogen) atoms. The molecule has 0 radical (unpaired) electrons. The van der Waals surface area contributed by atoms with Crippen LogP contribution in [-0.4, -0.2) is 25.4 Å². The van der Waals surface area contributed by atoms with Gasteiger partial charge in [0.25, 0.3) is 0 Å². The van der Waals surface area contributed by atoms with Gasteiger partial charge in [-0.2, -0.15) is 0 Å². The van der Waals surface area contributed by atoms with E-state index in [1.54, 1.807) is 7.11 Å². The topological polar surface area (TPSA) is 18.5 Å². The third-order valence-corrected chi connectivity index (χ3v) is 1.99. The lowest BCUT2D eigenvalue weighted by Gasteiger charge is -2.34. The molecule has 0 amide bonds. The average molecular weight is 144 g/mol. The summed E-state index contributed by atoms with van der Waals surface area (Å²) in [7, 11) is 1.77. The third-order valence-electron chi connectivity index (χ3n) is 1.99. The quantitative estimate of drug-likeness (QED) is 0.556. The largest absolute Gasteiger partial charge is 0.381 e. The van der Waals surface area contributed by atoms with Crippen molar-refractivity contribution in [1.82, 2.24) is 0 Å². The van der Waals surface area contributed by atoms with Gasteiger partial charge in [-0.3, -0.25) is 0 Å². The van der Waals surface area contributed by atoms with Crippen molar-refractivity contribution in [3.8, 4) is 0 Å². The van der Waals surface area contributed by atoms with E-state index in [1.165, 1.54) is 0 Å².